The van der Waals surface area contributed by atoms with Crippen molar-refractivity contribution >= 4 is 29.1 Å². The molecule has 1 unspecified atom stereocenters. The Morgan fingerprint density at radius 2 is 2.07 bits per heavy atom. The third-order valence-corrected chi connectivity index (χ3v) is 5.57. The first-order chi connectivity index (χ1) is 13.1. The molecule has 0 saturated heterocycles. The highest BCUT2D eigenvalue weighted by molar-refractivity contribution is 6.38. The Morgan fingerprint density at radius 3 is 2.85 bits per heavy atom. The van der Waals surface area contributed by atoms with Crippen LogP contribution in [0.1, 0.15) is 17.7 Å². The molecule has 7 heteroatoms. The molecule has 1 aromatic heterocycles. The summed E-state index contributed by atoms with van der Waals surface area (Å²) in [5, 5.41) is 4.76. The lowest BCUT2D eigenvalue weighted by molar-refractivity contribution is -0.128. The van der Waals surface area contributed by atoms with E-state index in [0.717, 1.165) is 11.3 Å². The molecule has 1 atom stereocenters. The number of carbonyl (C=O) groups is 1. The maximum absolute atomic E-state index is 12.8. The van der Waals surface area contributed by atoms with Gasteiger partial charge in [-0.3, -0.25) is 9.48 Å². The van der Waals surface area contributed by atoms with Gasteiger partial charge in [0.2, 0.25) is 5.88 Å². The average molecular weight is 404 g/mol. The highest BCUT2D eigenvalue weighted by Crippen LogP contribution is 2.27. The van der Waals surface area contributed by atoms with Gasteiger partial charge in [-0.2, -0.15) is 0 Å². The molecular weight excluding hydrogens is 385 g/mol. The van der Waals surface area contributed by atoms with Crippen LogP contribution >= 0.6 is 23.2 Å². The van der Waals surface area contributed by atoms with Crippen molar-refractivity contribution in [3.8, 4) is 5.88 Å². The molecule has 140 valence electrons. The second-order valence-electron chi connectivity index (χ2n) is 6.59. The Balaban J connectivity index is 1.41. The van der Waals surface area contributed by atoms with E-state index in [4.69, 9.17) is 27.9 Å². The van der Waals surface area contributed by atoms with E-state index in [1.165, 1.54) is 0 Å². The molecule has 27 heavy (non-hydrogen) atoms. The second-order valence-corrected chi connectivity index (χ2v) is 7.55. The van der Waals surface area contributed by atoms with Crippen LogP contribution in [0.4, 0.5) is 0 Å². The highest BCUT2D eigenvalue weighted by atomic mass is 35.5. The van der Waals surface area contributed by atoms with Crippen LogP contribution < -0.4 is 4.74 Å². The van der Waals surface area contributed by atoms with Gasteiger partial charge in [0.25, 0.3) is 5.91 Å². The van der Waals surface area contributed by atoms with Gasteiger partial charge < -0.3 is 9.64 Å². The molecule has 1 aromatic carbocycles. The van der Waals surface area contributed by atoms with Crippen molar-refractivity contribution in [2.75, 3.05) is 6.54 Å². The summed E-state index contributed by atoms with van der Waals surface area (Å²) in [5.74, 6) is 0.545. The normalized spacial score (nSPS) is 19.2. The quantitative estimate of drug-likeness (QED) is 0.727. The Hall–Kier alpha value is -2.24. The number of nitrogens with zero attached hydrogens (tertiary/aromatic N) is 3. The first kappa shape index (κ1) is 18.1. The molecule has 1 aliphatic carbocycles. The van der Waals surface area contributed by atoms with Crippen molar-refractivity contribution < 1.29 is 9.53 Å². The smallest absolute Gasteiger partial charge is 0.253 e. The number of aromatic nitrogens is 2. The zero-order valence-electron chi connectivity index (χ0n) is 14.6. The Morgan fingerprint density at radius 1 is 1.26 bits per heavy atom. The largest absolute Gasteiger partial charge is 0.472 e. The second kappa shape index (κ2) is 7.79. The van der Waals surface area contributed by atoms with E-state index in [9.17, 15) is 4.79 Å². The Kier molecular flexibility index (Phi) is 5.23. The Bertz CT molecular complexity index is 905. The molecular formula is C20H19Cl2N3O2. The maximum Gasteiger partial charge on any atom is 0.253 e. The molecule has 0 N–H and O–H groups in total. The van der Waals surface area contributed by atoms with Crippen LogP contribution in [0.3, 0.4) is 0 Å². The summed E-state index contributed by atoms with van der Waals surface area (Å²) >= 11 is 12.2. The van der Waals surface area contributed by atoms with Gasteiger partial charge in [-0.25, -0.2) is 0 Å². The van der Waals surface area contributed by atoms with Gasteiger partial charge in [-0.1, -0.05) is 48.0 Å². The number of carbonyl (C=O) groups excluding carboxylic acids is 1. The maximum atomic E-state index is 12.8. The summed E-state index contributed by atoms with van der Waals surface area (Å²) in [7, 11) is 0. The third-order valence-electron chi connectivity index (χ3n) is 4.68. The number of ether oxygens (including phenoxy) is 1. The molecule has 0 spiro atoms. The summed E-state index contributed by atoms with van der Waals surface area (Å²) in [6.07, 6.45) is 4.10. The van der Waals surface area contributed by atoms with E-state index >= 15 is 0 Å². The topological polar surface area (TPSA) is 47.4 Å². The predicted octanol–water partition coefficient (Wildman–Crippen LogP) is 3.86. The molecule has 4 rings (SSSR count). The predicted molar refractivity (Wildman–Crippen MR) is 105 cm³/mol. The molecule has 0 fully saturated rings. The molecule has 2 aliphatic rings. The molecule has 0 saturated carbocycles. The fourth-order valence-electron chi connectivity index (χ4n) is 3.19. The summed E-state index contributed by atoms with van der Waals surface area (Å²) in [6, 6.07) is 11.9. The first-order valence-electron chi connectivity index (χ1n) is 8.84. The van der Waals surface area contributed by atoms with Crippen molar-refractivity contribution in [3.05, 3.63) is 70.4 Å². The van der Waals surface area contributed by atoms with E-state index in [0.29, 0.717) is 49.1 Å². The summed E-state index contributed by atoms with van der Waals surface area (Å²) < 4.78 is 7.69. The number of fused-ring (bicyclic) bond motifs is 1. The first-order valence-corrected chi connectivity index (χ1v) is 9.65. The van der Waals surface area contributed by atoms with Gasteiger partial charge >= 0.3 is 0 Å². The highest BCUT2D eigenvalue weighted by Gasteiger charge is 2.26. The summed E-state index contributed by atoms with van der Waals surface area (Å²) in [6.45, 7) is 2.20. The van der Waals surface area contributed by atoms with Gasteiger partial charge in [0.05, 0.1) is 24.2 Å². The summed E-state index contributed by atoms with van der Waals surface area (Å²) in [4.78, 5) is 14.6. The average Bonchev–Trinajstić information content (AvgIpc) is 3.11. The number of hydrogen-bond donors (Lipinski definition) is 0. The van der Waals surface area contributed by atoms with E-state index in [2.05, 4.69) is 5.10 Å². The van der Waals surface area contributed by atoms with Crippen LogP contribution in [0, 0.1) is 0 Å². The fourth-order valence-corrected chi connectivity index (χ4v) is 3.55. The van der Waals surface area contributed by atoms with Crippen LogP contribution in [0.2, 0.25) is 0 Å². The number of hydrogen-bond acceptors (Lipinski definition) is 3. The number of halogens is 2. The number of amides is 1. The molecule has 2 aromatic rings. The standard InChI is InChI=1S/C20H19Cl2N3O2/c21-17-7-6-15(10-18(17)22)20(26)24-8-9-25-16(12-24)11-19(23-25)27-13-14-4-2-1-3-5-14/h1-6,10-11,17H,7-9,12-13H2. The minimum Gasteiger partial charge on any atom is -0.472 e. The van der Waals surface area contributed by atoms with Crippen molar-refractivity contribution in [1.29, 1.82) is 0 Å². The fraction of sp³-hybridized carbons (Fsp3) is 0.300. The minimum absolute atomic E-state index is 0.0316. The molecule has 2 heterocycles. The molecule has 0 radical (unpaired) electrons. The van der Waals surface area contributed by atoms with Gasteiger partial charge in [-0.05, 0) is 18.1 Å². The van der Waals surface area contributed by atoms with Gasteiger partial charge in [0.1, 0.15) is 6.61 Å². The van der Waals surface area contributed by atoms with E-state index < -0.39 is 0 Å². The zero-order valence-corrected chi connectivity index (χ0v) is 16.2. The van der Waals surface area contributed by atoms with E-state index in [1.807, 2.05) is 47.2 Å². The third kappa shape index (κ3) is 4.04. The Labute approximate surface area is 167 Å². The van der Waals surface area contributed by atoms with Crippen LogP contribution in [0.5, 0.6) is 5.88 Å². The van der Waals surface area contributed by atoms with E-state index in [-0.39, 0.29) is 11.3 Å². The zero-order chi connectivity index (χ0) is 18.8. The molecule has 0 bridgehead atoms. The van der Waals surface area contributed by atoms with Crippen LogP contribution in [-0.2, 0) is 24.5 Å². The summed E-state index contributed by atoms with van der Waals surface area (Å²) in [5.41, 5.74) is 2.65. The lowest BCUT2D eigenvalue weighted by Crippen LogP contribution is -2.39. The monoisotopic (exact) mass is 403 g/mol. The van der Waals surface area contributed by atoms with Crippen molar-refractivity contribution in [3.63, 3.8) is 0 Å². The number of benzene rings is 1. The van der Waals surface area contributed by atoms with Crippen LogP contribution in [0.25, 0.3) is 0 Å². The lowest BCUT2D eigenvalue weighted by Gasteiger charge is -2.28. The van der Waals surface area contributed by atoms with Crippen LogP contribution in [-0.4, -0.2) is 32.5 Å². The van der Waals surface area contributed by atoms with Crippen molar-refractivity contribution in [2.45, 2.75) is 31.5 Å². The van der Waals surface area contributed by atoms with Gasteiger partial charge in [0, 0.05) is 23.2 Å². The van der Waals surface area contributed by atoms with Gasteiger partial charge in [-0.15, -0.1) is 16.7 Å². The molecule has 5 nitrogen and oxygen atoms in total. The van der Waals surface area contributed by atoms with Gasteiger partial charge in [0.15, 0.2) is 0 Å². The van der Waals surface area contributed by atoms with Crippen LogP contribution in [0.15, 0.2) is 59.2 Å². The van der Waals surface area contributed by atoms with E-state index in [1.54, 1.807) is 11.0 Å². The van der Waals surface area contributed by atoms with Crippen molar-refractivity contribution in [2.24, 2.45) is 0 Å². The number of alkyl halides is 1. The molecule has 1 aliphatic heterocycles. The SMILES string of the molecule is O=C(C1=CCC(Cl)C(Cl)=C1)N1CCn2nc(OCc3ccccc3)cc2C1. The van der Waals surface area contributed by atoms with Crippen molar-refractivity contribution in [1.82, 2.24) is 14.7 Å². The lowest BCUT2D eigenvalue weighted by atomic mass is 10.0. The minimum atomic E-state index is -0.240. The number of rotatable bonds is 4. The number of allylic oxidation sites excluding steroid dienone is 2. The molecule has 1 amide bonds.